The summed E-state index contributed by atoms with van der Waals surface area (Å²) < 4.78 is 21.9. The molecule has 1 heterocycles. The number of nitrogens with zero attached hydrogens (tertiary/aromatic N) is 1. The summed E-state index contributed by atoms with van der Waals surface area (Å²) in [7, 11) is 1.25. The number of methoxy groups -OCH3 is 1. The highest BCUT2D eigenvalue weighted by atomic mass is 16.6. The van der Waals surface area contributed by atoms with Gasteiger partial charge in [0.05, 0.1) is 24.9 Å². The van der Waals surface area contributed by atoms with Gasteiger partial charge in [-0.25, -0.2) is 9.59 Å². The molecule has 0 radical (unpaired) electrons. The van der Waals surface area contributed by atoms with Crippen molar-refractivity contribution in [3.63, 3.8) is 0 Å². The molecule has 9 heteroatoms. The lowest BCUT2D eigenvalue weighted by atomic mass is 9.90. The molecule has 0 saturated heterocycles. The van der Waals surface area contributed by atoms with Crippen molar-refractivity contribution in [3.8, 4) is 17.2 Å². The van der Waals surface area contributed by atoms with Crippen LogP contribution in [0.5, 0.6) is 17.2 Å². The Morgan fingerprint density at radius 1 is 0.925 bits per heavy atom. The van der Waals surface area contributed by atoms with Crippen molar-refractivity contribution in [1.29, 1.82) is 0 Å². The first-order valence-corrected chi connectivity index (χ1v) is 12.7. The van der Waals surface area contributed by atoms with E-state index in [1.807, 2.05) is 51.1 Å². The van der Waals surface area contributed by atoms with E-state index in [-0.39, 0.29) is 64.8 Å². The highest BCUT2D eigenvalue weighted by molar-refractivity contribution is 6.14. The van der Waals surface area contributed by atoms with Gasteiger partial charge in [-0.05, 0) is 41.3 Å². The number of amides is 1. The van der Waals surface area contributed by atoms with E-state index in [1.165, 1.54) is 30.2 Å². The summed E-state index contributed by atoms with van der Waals surface area (Å²) in [5.74, 6) is -1.44. The van der Waals surface area contributed by atoms with Crippen molar-refractivity contribution in [2.24, 2.45) is 5.41 Å². The predicted octanol–water partition coefficient (Wildman–Crippen LogP) is 5.35. The Morgan fingerprint density at radius 2 is 1.68 bits per heavy atom. The standard InChI is InChI=1S/C31H31NO8/c1-31(2,3)16-22(33)17-32-23-15-21(30(36)37-4)13-14-24(23)40-26-12-8-11-25(28(26)29(32)35)38-19-27(34)39-18-20-9-6-5-7-10-20/h5-15H,16-19H2,1-4H3. The van der Waals surface area contributed by atoms with E-state index >= 15 is 0 Å². The fourth-order valence-electron chi connectivity index (χ4n) is 4.25. The number of fused-ring (bicyclic) bond motifs is 2. The van der Waals surface area contributed by atoms with E-state index in [2.05, 4.69) is 0 Å². The van der Waals surface area contributed by atoms with Crippen molar-refractivity contribution >= 4 is 29.3 Å². The SMILES string of the molecule is COC(=O)c1ccc2c(c1)N(CC(=O)CC(C)(C)C)C(=O)c1c(OCC(=O)OCc3ccccc3)cccc1O2. The van der Waals surface area contributed by atoms with Crippen molar-refractivity contribution in [2.45, 2.75) is 33.8 Å². The van der Waals surface area contributed by atoms with Crippen molar-refractivity contribution in [1.82, 2.24) is 0 Å². The molecule has 3 aromatic rings. The molecule has 1 amide bonds. The Morgan fingerprint density at radius 3 is 2.38 bits per heavy atom. The number of ketones is 1. The number of anilines is 1. The average molecular weight is 546 g/mol. The van der Waals surface area contributed by atoms with E-state index in [0.717, 1.165) is 5.56 Å². The minimum absolute atomic E-state index is 0.0396. The summed E-state index contributed by atoms with van der Waals surface area (Å²) in [5.41, 5.74) is 0.991. The topological polar surface area (TPSA) is 108 Å². The Bertz CT molecular complexity index is 1420. The summed E-state index contributed by atoms with van der Waals surface area (Å²) in [6.45, 7) is 5.17. The third kappa shape index (κ3) is 6.85. The Labute approximate surface area is 232 Å². The largest absolute Gasteiger partial charge is 0.481 e. The molecule has 1 aliphatic rings. The number of hydrogen-bond donors (Lipinski definition) is 0. The normalized spacial score (nSPS) is 12.4. The molecule has 0 saturated carbocycles. The van der Waals surface area contributed by atoms with Crippen LogP contribution in [-0.4, -0.2) is 43.9 Å². The van der Waals surface area contributed by atoms with Crippen LogP contribution < -0.4 is 14.4 Å². The Kier molecular flexibility index (Phi) is 8.52. The fourth-order valence-corrected chi connectivity index (χ4v) is 4.25. The van der Waals surface area contributed by atoms with Gasteiger partial charge in [-0.2, -0.15) is 0 Å². The van der Waals surface area contributed by atoms with Crippen LogP contribution in [0.4, 0.5) is 5.69 Å². The highest BCUT2D eigenvalue weighted by Gasteiger charge is 2.34. The van der Waals surface area contributed by atoms with Crippen LogP contribution in [0.15, 0.2) is 66.7 Å². The van der Waals surface area contributed by atoms with Crippen LogP contribution in [0.2, 0.25) is 0 Å². The molecule has 0 fully saturated rings. The molecule has 4 rings (SSSR count). The van der Waals surface area contributed by atoms with E-state index in [0.29, 0.717) is 0 Å². The van der Waals surface area contributed by atoms with Crippen molar-refractivity contribution in [3.05, 3.63) is 83.4 Å². The molecule has 0 atom stereocenters. The van der Waals surface area contributed by atoms with E-state index < -0.39 is 24.5 Å². The third-order valence-corrected chi connectivity index (χ3v) is 5.99. The summed E-state index contributed by atoms with van der Waals surface area (Å²) in [6.07, 6.45) is 0.224. The number of esters is 2. The molecule has 0 unspecified atom stereocenters. The molecule has 0 spiro atoms. The Hall–Kier alpha value is -4.66. The molecule has 9 nitrogen and oxygen atoms in total. The van der Waals surface area contributed by atoms with E-state index in [4.69, 9.17) is 18.9 Å². The minimum atomic E-state index is -0.619. The first-order chi connectivity index (χ1) is 19.1. The zero-order valence-electron chi connectivity index (χ0n) is 22.9. The van der Waals surface area contributed by atoms with Crippen molar-refractivity contribution in [2.75, 3.05) is 25.2 Å². The lowest BCUT2D eigenvalue weighted by Crippen LogP contribution is -2.36. The summed E-state index contributed by atoms with van der Waals surface area (Å²) >= 11 is 0. The van der Waals surface area contributed by atoms with Gasteiger partial charge in [0, 0.05) is 6.42 Å². The lowest BCUT2D eigenvalue weighted by molar-refractivity contribution is -0.147. The number of benzene rings is 3. The second-order valence-electron chi connectivity index (χ2n) is 10.5. The van der Waals surface area contributed by atoms with Crippen LogP contribution >= 0.6 is 0 Å². The number of carbonyl (C=O) groups excluding carboxylic acids is 4. The first kappa shape index (κ1) is 28.4. The molecular weight excluding hydrogens is 514 g/mol. The van der Waals surface area contributed by atoms with Crippen LogP contribution in [0.25, 0.3) is 0 Å². The van der Waals surface area contributed by atoms with E-state index in [1.54, 1.807) is 18.2 Å². The number of carbonyl (C=O) groups is 4. The zero-order valence-corrected chi connectivity index (χ0v) is 22.9. The van der Waals surface area contributed by atoms with E-state index in [9.17, 15) is 19.2 Å². The maximum absolute atomic E-state index is 14.0. The molecule has 0 bridgehead atoms. The molecule has 1 aliphatic heterocycles. The average Bonchev–Trinajstić information content (AvgIpc) is 3.03. The second-order valence-corrected chi connectivity index (χ2v) is 10.5. The lowest BCUT2D eigenvalue weighted by Gasteiger charge is -2.24. The quantitative estimate of drug-likeness (QED) is 0.331. The molecule has 0 N–H and O–H groups in total. The molecule has 40 heavy (non-hydrogen) atoms. The maximum Gasteiger partial charge on any atom is 0.344 e. The molecule has 0 aliphatic carbocycles. The molecule has 208 valence electrons. The molecule has 0 aromatic heterocycles. The molecular formula is C31H31NO8. The van der Waals surface area contributed by atoms with Gasteiger partial charge >= 0.3 is 11.9 Å². The van der Waals surface area contributed by atoms with Crippen LogP contribution in [0.3, 0.4) is 0 Å². The van der Waals surface area contributed by atoms with Gasteiger partial charge < -0.3 is 18.9 Å². The molecule has 3 aromatic carbocycles. The van der Waals surface area contributed by atoms with Gasteiger partial charge in [0.1, 0.15) is 23.7 Å². The number of rotatable bonds is 9. The number of ether oxygens (including phenoxy) is 4. The van der Waals surface area contributed by atoms with Crippen molar-refractivity contribution < 1.29 is 38.1 Å². The summed E-state index contributed by atoms with van der Waals surface area (Å²) in [5, 5.41) is 0. The van der Waals surface area contributed by atoms with Crippen LogP contribution in [0.1, 0.15) is 53.5 Å². The zero-order chi connectivity index (χ0) is 28.9. The number of hydrogen-bond acceptors (Lipinski definition) is 8. The first-order valence-electron chi connectivity index (χ1n) is 12.7. The monoisotopic (exact) mass is 545 g/mol. The van der Waals surface area contributed by atoms with Gasteiger partial charge in [0.15, 0.2) is 18.1 Å². The maximum atomic E-state index is 14.0. The smallest absolute Gasteiger partial charge is 0.344 e. The summed E-state index contributed by atoms with van der Waals surface area (Å²) in [4.78, 5) is 53.0. The predicted molar refractivity (Wildman–Crippen MR) is 147 cm³/mol. The van der Waals surface area contributed by atoms with Gasteiger partial charge in [-0.1, -0.05) is 57.2 Å². The van der Waals surface area contributed by atoms with Gasteiger partial charge in [0.25, 0.3) is 5.91 Å². The highest BCUT2D eigenvalue weighted by Crippen LogP contribution is 2.42. The van der Waals surface area contributed by atoms with Gasteiger partial charge in [0.2, 0.25) is 0 Å². The Balaban J connectivity index is 1.63. The summed E-state index contributed by atoms with van der Waals surface area (Å²) in [6, 6.07) is 18.5. The van der Waals surface area contributed by atoms with Gasteiger partial charge in [-0.15, -0.1) is 0 Å². The van der Waals surface area contributed by atoms with Gasteiger partial charge in [-0.3, -0.25) is 14.5 Å². The number of Topliss-reactive ketones (excluding diaryl/α,β-unsaturated/α-hetero) is 1. The second kappa shape index (κ2) is 12.0. The minimum Gasteiger partial charge on any atom is -0.481 e. The van der Waals surface area contributed by atoms with Crippen LogP contribution in [-0.2, 0) is 25.7 Å². The van der Waals surface area contributed by atoms with Crippen LogP contribution in [0, 0.1) is 5.41 Å². The third-order valence-electron chi connectivity index (χ3n) is 5.99. The fraction of sp³-hybridized carbons (Fsp3) is 0.290.